The Labute approximate surface area is 123 Å². The Hall–Kier alpha value is -2.11. The summed E-state index contributed by atoms with van der Waals surface area (Å²) in [4.78, 5) is 26.3. The van der Waals surface area contributed by atoms with Crippen molar-refractivity contribution >= 4 is 11.8 Å². The van der Waals surface area contributed by atoms with Gasteiger partial charge < -0.3 is 14.2 Å². The maximum atomic E-state index is 12.6. The molecule has 0 amide bonds. The Morgan fingerprint density at radius 3 is 2.71 bits per heavy atom. The number of Topliss-reactive ketones (excluding diaryl/α,β-unsaturated/α-hetero) is 1. The summed E-state index contributed by atoms with van der Waals surface area (Å²) >= 11 is 0. The lowest BCUT2D eigenvalue weighted by Crippen LogP contribution is -2.32. The molecule has 1 heterocycles. The molecule has 114 valence electrons. The number of rotatable bonds is 3. The van der Waals surface area contributed by atoms with Gasteiger partial charge in [0.05, 0.1) is 6.61 Å². The number of ether oxygens (including phenoxy) is 1. The first-order valence-electron chi connectivity index (χ1n) is 6.87. The van der Waals surface area contributed by atoms with Crippen molar-refractivity contribution in [3.05, 3.63) is 28.8 Å². The average molecular weight is 292 g/mol. The number of allylic oxidation sites excluding steroid dienone is 1. The van der Waals surface area contributed by atoms with Crippen LogP contribution in [0, 0.1) is 5.41 Å². The predicted molar refractivity (Wildman–Crippen MR) is 76.0 cm³/mol. The summed E-state index contributed by atoms with van der Waals surface area (Å²) in [6, 6.07) is 0. The van der Waals surface area contributed by atoms with Gasteiger partial charge in [-0.3, -0.25) is 4.79 Å². The first kappa shape index (κ1) is 15.3. The fourth-order valence-corrected chi connectivity index (χ4v) is 2.47. The van der Waals surface area contributed by atoms with Gasteiger partial charge in [0, 0.05) is 31.4 Å². The quantitative estimate of drug-likeness (QED) is 0.627. The second-order valence-corrected chi connectivity index (χ2v) is 5.96. The van der Waals surface area contributed by atoms with Gasteiger partial charge in [0.1, 0.15) is 0 Å². The van der Waals surface area contributed by atoms with E-state index in [1.54, 1.807) is 13.1 Å². The van der Waals surface area contributed by atoms with Gasteiger partial charge in [-0.2, -0.15) is 0 Å². The van der Waals surface area contributed by atoms with Crippen LogP contribution in [-0.4, -0.2) is 42.5 Å². The Bertz CT molecular complexity index is 611. The van der Waals surface area contributed by atoms with E-state index in [9.17, 15) is 9.59 Å². The maximum absolute atomic E-state index is 12.6. The van der Waals surface area contributed by atoms with Gasteiger partial charge in [0.15, 0.2) is 5.69 Å². The lowest BCUT2D eigenvalue weighted by atomic mass is 9.72. The Balaban J connectivity index is 2.50. The minimum atomic E-state index is -0.550. The zero-order valence-electron chi connectivity index (χ0n) is 13.0. The minimum Gasteiger partial charge on any atom is -0.461 e. The molecule has 0 aromatic carbocycles. The molecule has 2 rings (SSSR count). The normalized spacial score (nSPS) is 18.5. The highest BCUT2D eigenvalue weighted by molar-refractivity contribution is 6.11. The molecule has 1 aliphatic carbocycles. The smallest absolute Gasteiger partial charge is 0.360 e. The van der Waals surface area contributed by atoms with Gasteiger partial charge in [0.25, 0.3) is 0 Å². The third kappa shape index (κ3) is 2.70. The van der Waals surface area contributed by atoms with Crippen LogP contribution in [0.3, 0.4) is 0 Å². The van der Waals surface area contributed by atoms with Crippen molar-refractivity contribution in [2.75, 3.05) is 20.7 Å². The molecular formula is C15H20N2O4. The minimum absolute atomic E-state index is 0.108. The molecule has 0 unspecified atom stereocenters. The molecule has 0 radical (unpaired) electrons. The molecule has 1 aliphatic rings. The van der Waals surface area contributed by atoms with E-state index in [-0.39, 0.29) is 23.8 Å². The Morgan fingerprint density at radius 2 is 2.14 bits per heavy atom. The molecule has 21 heavy (non-hydrogen) atoms. The molecule has 0 saturated carbocycles. The van der Waals surface area contributed by atoms with E-state index in [1.807, 2.05) is 32.8 Å². The summed E-state index contributed by atoms with van der Waals surface area (Å²) in [5.41, 5.74) is 0.893. The van der Waals surface area contributed by atoms with Crippen molar-refractivity contribution in [2.45, 2.75) is 27.2 Å². The van der Waals surface area contributed by atoms with Gasteiger partial charge in [-0.05, 0) is 18.8 Å². The SMILES string of the molecule is CCOC(=O)c1noc2c1CC(C)(C)C(=CN(C)C)C2=O. The second-order valence-electron chi connectivity index (χ2n) is 5.96. The van der Waals surface area contributed by atoms with Crippen molar-refractivity contribution in [1.82, 2.24) is 10.1 Å². The monoisotopic (exact) mass is 292 g/mol. The molecule has 0 fully saturated rings. The molecule has 0 saturated heterocycles. The summed E-state index contributed by atoms with van der Waals surface area (Å²) < 4.78 is 10.1. The van der Waals surface area contributed by atoms with E-state index in [0.717, 1.165) is 0 Å². The van der Waals surface area contributed by atoms with Crippen LogP contribution < -0.4 is 0 Å². The molecule has 0 N–H and O–H groups in total. The lowest BCUT2D eigenvalue weighted by molar-refractivity contribution is 0.0513. The standard InChI is InChI=1S/C15H20N2O4/c1-6-20-14(19)11-9-7-15(2,3)10(8-17(4)5)12(18)13(9)21-16-11/h8H,6-7H2,1-5H3. The van der Waals surface area contributed by atoms with Crippen LogP contribution in [0.5, 0.6) is 0 Å². The molecular weight excluding hydrogens is 272 g/mol. The fourth-order valence-electron chi connectivity index (χ4n) is 2.47. The number of esters is 1. The Kier molecular flexibility index (Phi) is 3.89. The maximum Gasteiger partial charge on any atom is 0.360 e. The molecule has 0 atom stereocenters. The highest BCUT2D eigenvalue weighted by Gasteiger charge is 2.42. The highest BCUT2D eigenvalue weighted by atomic mass is 16.5. The first-order valence-corrected chi connectivity index (χ1v) is 6.87. The van der Waals surface area contributed by atoms with Crippen LogP contribution in [0.4, 0.5) is 0 Å². The number of hydrogen-bond donors (Lipinski definition) is 0. The van der Waals surface area contributed by atoms with E-state index >= 15 is 0 Å². The van der Waals surface area contributed by atoms with Crippen molar-refractivity contribution in [2.24, 2.45) is 5.41 Å². The predicted octanol–water partition coefficient (Wildman–Crippen LogP) is 2.06. The van der Waals surface area contributed by atoms with E-state index in [1.165, 1.54) is 0 Å². The summed E-state index contributed by atoms with van der Waals surface area (Å²) in [5, 5.41) is 3.73. The van der Waals surface area contributed by atoms with Crippen LogP contribution >= 0.6 is 0 Å². The first-order chi connectivity index (χ1) is 9.77. The van der Waals surface area contributed by atoms with Crippen LogP contribution in [0.1, 0.15) is 47.4 Å². The van der Waals surface area contributed by atoms with Gasteiger partial charge in [0.2, 0.25) is 11.5 Å². The van der Waals surface area contributed by atoms with Crippen molar-refractivity contribution in [1.29, 1.82) is 0 Å². The number of carbonyl (C=O) groups excluding carboxylic acids is 2. The summed E-state index contributed by atoms with van der Waals surface area (Å²) in [5.74, 6) is -0.630. The van der Waals surface area contributed by atoms with Crippen LogP contribution in [0.2, 0.25) is 0 Å². The molecule has 0 spiro atoms. The van der Waals surface area contributed by atoms with E-state index in [0.29, 0.717) is 17.6 Å². The zero-order valence-corrected chi connectivity index (χ0v) is 13.0. The van der Waals surface area contributed by atoms with E-state index < -0.39 is 11.4 Å². The largest absolute Gasteiger partial charge is 0.461 e. The van der Waals surface area contributed by atoms with Gasteiger partial charge in [-0.25, -0.2) is 4.79 Å². The van der Waals surface area contributed by atoms with Crippen molar-refractivity contribution < 1.29 is 18.8 Å². The van der Waals surface area contributed by atoms with E-state index in [4.69, 9.17) is 9.26 Å². The van der Waals surface area contributed by atoms with Crippen molar-refractivity contribution in [3.8, 4) is 0 Å². The van der Waals surface area contributed by atoms with Crippen LogP contribution in [-0.2, 0) is 11.2 Å². The van der Waals surface area contributed by atoms with Crippen LogP contribution in [0.15, 0.2) is 16.3 Å². The number of nitrogens with zero attached hydrogens (tertiary/aromatic N) is 2. The molecule has 0 bridgehead atoms. The van der Waals surface area contributed by atoms with E-state index in [2.05, 4.69) is 5.16 Å². The number of carbonyl (C=O) groups is 2. The second kappa shape index (κ2) is 5.35. The van der Waals surface area contributed by atoms with Gasteiger partial charge in [-0.15, -0.1) is 0 Å². The fraction of sp³-hybridized carbons (Fsp3) is 0.533. The molecule has 1 aromatic rings. The van der Waals surface area contributed by atoms with Crippen LogP contribution in [0.25, 0.3) is 0 Å². The third-order valence-electron chi connectivity index (χ3n) is 3.44. The van der Waals surface area contributed by atoms with Gasteiger partial charge >= 0.3 is 5.97 Å². The molecule has 1 aromatic heterocycles. The topological polar surface area (TPSA) is 72.6 Å². The van der Waals surface area contributed by atoms with Gasteiger partial charge in [-0.1, -0.05) is 19.0 Å². The number of aromatic nitrogens is 1. The Morgan fingerprint density at radius 1 is 1.48 bits per heavy atom. The zero-order chi connectivity index (χ0) is 15.8. The summed E-state index contributed by atoms with van der Waals surface area (Å²) in [7, 11) is 3.71. The average Bonchev–Trinajstić information content (AvgIpc) is 2.77. The number of ketones is 1. The number of hydrogen-bond acceptors (Lipinski definition) is 6. The molecule has 6 heteroatoms. The summed E-state index contributed by atoms with van der Waals surface area (Å²) in [6.07, 6.45) is 2.29. The number of fused-ring (bicyclic) bond motifs is 1. The highest BCUT2D eigenvalue weighted by Crippen LogP contribution is 2.40. The summed E-state index contributed by atoms with van der Waals surface area (Å²) in [6.45, 7) is 5.90. The molecule has 0 aliphatic heterocycles. The lowest BCUT2D eigenvalue weighted by Gasteiger charge is -2.31. The third-order valence-corrected chi connectivity index (χ3v) is 3.44. The molecule has 6 nitrogen and oxygen atoms in total. The van der Waals surface area contributed by atoms with Crippen molar-refractivity contribution in [3.63, 3.8) is 0 Å².